The van der Waals surface area contributed by atoms with Crippen LogP contribution in [0.4, 0.5) is 0 Å². The second-order valence-electron chi connectivity index (χ2n) is 3.26. The molecule has 0 aliphatic heterocycles. The van der Waals surface area contributed by atoms with Crippen LogP contribution in [-0.4, -0.2) is 41.1 Å². The first-order valence-electron chi connectivity index (χ1n) is 5.05. The van der Waals surface area contributed by atoms with E-state index >= 15 is 0 Å². The van der Waals surface area contributed by atoms with Gasteiger partial charge in [0.05, 0.1) is 5.75 Å². The molecular weight excluding hydrogens is 240 g/mol. The number of methoxy groups -OCH3 is 1. The third-order valence-electron chi connectivity index (χ3n) is 1.81. The Morgan fingerprint density at radius 3 is 2.27 bits per heavy atom. The van der Waals surface area contributed by atoms with Crippen molar-refractivity contribution in [1.82, 2.24) is 0 Å². The molecule has 0 heterocycles. The van der Waals surface area contributed by atoms with Gasteiger partial charge in [-0.25, -0.2) is 8.42 Å². The number of hydrogen-bond acceptors (Lipinski definition) is 4. The molecule has 0 aromatic carbocycles. The SMILES string of the molecule is COCCCOCCCCCS(=O)(=O)Cl. The maximum Gasteiger partial charge on any atom is 0.232 e. The number of ether oxygens (including phenoxy) is 2. The highest BCUT2D eigenvalue weighted by molar-refractivity contribution is 8.13. The van der Waals surface area contributed by atoms with Gasteiger partial charge in [-0.15, -0.1) is 0 Å². The van der Waals surface area contributed by atoms with Gasteiger partial charge in [-0.05, 0) is 19.3 Å². The molecule has 0 amide bonds. The Hall–Kier alpha value is 0.160. The van der Waals surface area contributed by atoms with Gasteiger partial charge < -0.3 is 9.47 Å². The van der Waals surface area contributed by atoms with E-state index < -0.39 is 9.05 Å². The number of halogens is 1. The van der Waals surface area contributed by atoms with Crippen molar-refractivity contribution in [3.8, 4) is 0 Å². The molecule has 0 aliphatic rings. The van der Waals surface area contributed by atoms with E-state index in [1.54, 1.807) is 7.11 Å². The second-order valence-corrected chi connectivity index (χ2v) is 6.16. The first-order chi connectivity index (χ1) is 7.06. The summed E-state index contributed by atoms with van der Waals surface area (Å²) < 4.78 is 31.3. The zero-order chi connectivity index (χ0) is 11.6. The van der Waals surface area contributed by atoms with E-state index in [9.17, 15) is 8.42 Å². The highest BCUT2D eigenvalue weighted by Gasteiger charge is 2.03. The van der Waals surface area contributed by atoms with Crippen molar-refractivity contribution in [1.29, 1.82) is 0 Å². The molecule has 15 heavy (non-hydrogen) atoms. The van der Waals surface area contributed by atoms with Gasteiger partial charge in [0.2, 0.25) is 9.05 Å². The zero-order valence-corrected chi connectivity index (χ0v) is 10.6. The summed E-state index contributed by atoms with van der Waals surface area (Å²) in [7, 11) is 3.40. The molecule has 0 radical (unpaired) electrons. The van der Waals surface area contributed by atoms with E-state index in [1.807, 2.05) is 0 Å². The van der Waals surface area contributed by atoms with Crippen LogP contribution in [0.1, 0.15) is 25.7 Å². The molecule has 0 aromatic heterocycles. The molecule has 92 valence electrons. The molecule has 0 saturated carbocycles. The topological polar surface area (TPSA) is 52.6 Å². The Labute approximate surface area is 96.3 Å². The predicted molar refractivity (Wildman–Crippen MR) is 60.8 cm³/mol. The van der Waals surface area contributed by atoms with Crippen LogP contribution in [0.25, 0.3) is 0 Å². The highest BCUT2D eigenvalue weighted by atomic mass is 35.7. The summed E-state index contributed by atoms with van der Waals surface area (Å²) in [6.07, 6.45) is 3.20. The minimum absolute atomic E-state index is 0.0538. The molecule has 4 nitrogen and oxygen atoms in total. The van der Waals surface area contributed by atoms with Crippen LogP contribution in [0.5, 0.6) is 0 Å². The van der Waals surface area contributed by atoms with Crippen LogP contribution < -0.4 is 0 Å². The number of rotatable bonds is 10. The smallest absolute Gasteiger partial charge is 0.232 e. The van der Waals surface area contributed by atoms with E-state index in [4.69, 9.17) is 20.2 Å². The van der Waals surface area contributed by atoms with Crippen molar-refractivity contribution >= 4 is 19.7 Å². The molecule has 0 saturated heterocycles. The Balaban J connectivity index is 3.06. The summed E-state index contributed by atoms with van der Waals surface area (Å²) in [5.41, 5.74) is 0. The van der Waals surface area contributed by atoms with E-state index in [2.05, 4.69) is 0 Å². The molecule has 0 N–H and O–H groups in total. The zero-order valence-electron chi connectivity index (χ0n) is 9.08. The lowest BCUT2D eigenvalue weighted by Gasteiger charge is -2.03. The highest BCUT2D eigenvalue weighted by Crippen LogP contribution is 2.03. The van der Waals surface area contributed by atoms with Gasteiger partial charge in [0.25, 0.3) is 0 Å². The van der Waals surface area contributed by atoms with Gasteiger partial charge in [0.1, 0.15) is 0 Å². The average Bonchev–Trinajstić information content (AvgIpc) is 2.14. The first-order valence-corrected chi connectivity index (χ1v) is 7.53. The van der Waals surface area contributed by atoms with Crippen molar-refractivity contribution in [2.45, 2.75) is 25.7 Å². The van der Waals surface area contributed by atoms with Crippen LogP contribution in [0.3, 0.4) is 0 Å². The fourth-order valence-electron chi connectivity index (χ4n) is 1.06. The molecule has 0 rings (SSSR count). The van der Waals surface area contributed by atoms with Crippen LogP contribution >= 0.6 is 10.7 Å². The summed E-state index contributed by atoms with van der Waals surface area (Å²) in [4.78, 5) is 0. The lowest BCUT2D eigenvalue weighted by Crippen LogP contribution is -2.02. The van der Waals surface area contributed by atoms with Crippen molar-refractivity contribution < 1.29 is 17.9 Å². The normalized spacial score (nSPS) is 11.9. The maximum atomic E-state index is 10.6. The number of unbranched alkanes of at least 4 members (excludes halogenated alkanes) is 2. The third kappa shape index (κ3) is 14.2. The van der Waals surface area contributed by atoms with Crippen LogP contribution in [0, 0.1) is 0 Å². The lowest BCUT2D eigenvalue weighted by atomic mass is 10.3. The Bertz CT molecular complexity index is 228. The molecular formula is C9H19ClO4S. The summed E-state index contributed by atoms with van der Waals surface area (Å²) >= 11 is 0. The molecule has 0 bridgehead atoms. The second kappa shape index (κ2) is 9.39. The quantitative estimate of drug-likeness (QED) is 0.443. The lowest BCUT2D eigenvalue weighted by molar-refractivity contribution is 0.100. The molecule has 0 fully saturated rings. The Morgan fingerprint density at radius 2 is 1.67 bits per heavy atom. The van der Waals surface area contributed by atoms with E-state index in [-0.39, 0.29) is 5.75 Å². The van der Waals surface area contributed by atoms with Crippen LogP contribution in [-0.2, 0) is 18.5 Å². The molecule has 0 atom stereocenters. The van der Waals surface area contributed by atoms with E-state index in [0.29, 0.717) is 26.2 Å². The molecule has 0 spiro atoms. The van der Waals surface area contributed by atoms with Gasteiger partial charge in [-0.3, -0.25) is 0 Å². The fraction of sp³-hybridized carbons (Fsp3) is 1.00. The molecule has 0 aliphatic carbocycles. The van der Waals surface area contributed by atoms with Crippen molar-refractivity contribution in [2.75, 3.05) is 32.7 Å². The monoisotopic (exact) mass is 258 g/mol. The van der Waals surface area contributed by atoms with Crippen LogP contribution in [0.2, 0.25) is 0 Å². The first kappa shape index (κ1) is 15.2. The van der Waals surface area contributed by atoms with Gasteiger partial charge in [-0.2, -0.15) is 0 Å². The molecule has 0 unspecified atom stereocenters. The van der Waals surface area contributed by atoms with Gasteiger partial charge in [-0.1, -0.05) is 6.42 Å². The van der Waals surface area contributed by atoms with Gasteiger partial charge >= 0.3 is 0 Å². The summed E-state index contributed by atoms with van der Waals surface area (Å²) in [5, 5.41) is 0. The number of hydrogen-bond donors (Lipinski definition) is 0. The average molecular weight is 259 g/mol. The summed E-state index contributed by atoms with van der Waals surface area (Å²) in [6, 6.07) is 0. The largest absolute Gasteiger partial charge is 0.385 e. The molecule has 6 heteroatoms. The molecule has 0 aromatic rings. The summed E-state index contributed by atoms with van der Waals surface area (Å²) in [6.45, 7) is 2.08. The van der Waals surface area contributed by atoms with Gasteiger partial charge in [0.15, 0.2) is 0 Å². The van der Waals surface area contributed by atoms with Gasteiger partial charge in [0, 0.05) is 37.6 Å². The van der Waals surface area contributed by atoms with E-state index in [1.165, 1.54) is 0 Å². The minimum Gasteiger partial charge on any atom is -0.385 e. The standard InChI is InChI=1S/C9H19ClO4S/c1-13-6-5-8-14-7-3-2-4-9-15(10,11)12/h2-9H2,1H3. The Morgan fingerprint density at radius 1 is 1.00 bits per heavy atom. The van der Waals surface area contributed by atoms with Crippen molar-refractivity contribution in [2.24, 2.45) is 0 Å². The Kier molecular flexibility index (Phi) is 9.49. The van der Waals surface area contributed by atoms with Crippen molar-refractivity contribution in [3.05, 3.63) is 0 Å². The fourth-order valence-corrected chi connectivity index (χ4v) is 1.94. The summed E-state index contributed by atoms with van der Waals surface area (Å²) in [5.74, 6) is 0.0538. The maximum absolute atomic E-state index is 10.6. The van der Waals surface area contributed by atoms with Crippen LogP contribution in [0.15, 0.2) is 0 Å². The minimum atomic E-state index is -3.31. The van der Waals surface area contributed by atoms with E-state index in [0.717, 1.165) is 19.3 Å². The predicted octanol–water partition coefficient (Wildman–Crippen LogP) is 1.78. The third-order valence-corrected chi connectivity index (χ3v) is 3.05. The van der Waals surface area contributed by atoms with Crippen molar-refractivity contribution in [3.63, 3.8) is 0 Å².